The van der Waals surface area contributed by atoms with Crippen molar-refractivity contribution in [2.24, 2.45) is 5.92 Å². The minimum Gasteiger partial charge on any atom is -0.444 e. The molecule has 12 nitrogen and oxygen atoms in total. The van der Waals surface area contributed by atoms with Gasteiger partial charge in [-0.3, -0.25) is 19.6 Å². The van der Waals surface area contributed by atoms with Crippen molar-refractivity contribution in [3.63, 3.8) is 0 Å². The van der Waals surface area contributed by atoms with Gasteiger partial charge >= 0.3 is 17.9 Å². The Morgan fingerprint density at radius 1 is 1.12 bits per heavy atom. The molecule has 4 saturated heterocycles. The molecule has 59 heavy (non-hydrogen) atoms. The molecule has 0 saturated carbocycles. The number of rotatable bonds is 8. The number of morpholine rings is 1. The second-order valence-corrected chi connectivity index (χ2v) is 17.3. The lowest BCUT2D eigenvalue weighted by Gasteiger charge is -2.35. The van der Waals surface area contributed by atoms with E-state index in [9.17, 15) is 18.4 Å². The van der Waals surface area contributed by atoms with Gasteiger partial charge in [0.15, 0.2) is 5.82 Å². The molecule has 4 aromatic rings. The number of likely N-dealkylation sites (tertiary alicyclic amines) is 1. The molecule has 2 unspecified atom stereocenters. The first-order valence-corrected chi connectivity index (χ1v) is 20.4. The first-order valence-electron chi connectivity index (χ1n) is 20.1. The lowest BCUT2D eigenvalue weighted by Crippen LogP contribution is -2.49. The molecule has 0 aliphatic carbocycles. The maximum absolute atomic E-state index is 16.9. The Kier molecular flexibility index (Phi) is 11.3. The lowest BCUT2D eigenvalue weighted by atomic mass is 9.95. The Morgan fingerprint density at radius 2 is 1.95 bits per heavy atom. The standard InChI is InChI=1S/C43H48ClF3N7O5/c1-42(2,3)59-41(56)54-17-18-57-24-29(54)10-12-33(55)52-16-13-26(22-52)21-51(4)39-31-20-48-37(30-8-5-7-27-9-11-32(46)35(44)34(27)30)36(47)38(31)49-40(50-39)58-25-43-14-6-15-53(43)23-28(45)19-43/h5,7-12,20-21,26,28-29H,6,13-19,22-25H2,1-4H3/q+1/b12-10+,51-21?/t26?,28-,29?,43+/m1/s1. The fourth-order valence-corrected chi connectivity index (χ4v) is 9.10. The predicted octanol–water partition coefficient (Wildman–Crippen LogP) is 7.12. The third kappa shape index (κ3) is 8.33. The maximum atomic E-state index is 16.9. The van der Waals surface area contributed by atoms with E-state index in [4.69, 9.17) is 30.8 Å². The lowest BCUT2D eigenvalue weighted by molar-refractivity contribution is -0.405. The van der Waals surface area contributed by atoms with E-state index in [1.54, 1.807) is 72.5 Å². The Labute approximate surface area is 345 Å². The number of amides is 2. The summed E-state index contributed by atoms with van der Waals surface area (Å²) >= 11 is 6.44. The summed E-state index contributed by atoms with van der Waals surface area (Å²) in [6, 6.07) is 7.43. The number of alkyl halides is 1. The summed E-state index contributed by atoms with van der Waals surface area (Å²) in [5.41, 5.74) is -0.978. The highest BCUT2D eigenvalue weighted by Crippen LogP contribution is 2.41. The summed E-state index contributed by atoms with van der Waals surface area (Å²) in [5, 5.41) is 1.10. The van der Waals surface area contributed by atoms with Crippen molar-refractivity contribution in [1.29, 1.82) is 0 Å². The van der Waals surface area contributed by atoms with E-state index in [2.05, 4.69) is 14.9 Å². The Balaban J connectivity index is 1.08. The van der Waals surface area contributed by atoms with Gasteiger partial charge in [0, 0.05) is 66.7 Å². The highest BCUT2D eigenvalue weighted by molar-refractivity contribution is 6.36. The van der Waals surface area contributed by atoms with Gasteiger partial charge in [0.1, 0.15) is 40.8 Å². The Bertz CT molecular complexity index is 2360. The smallest absolute Gasteiger partial charge is 0.434 e. The van der Waals surface area contributed by atoms with Gasteiger partial charge in [0.05, 0.1) is 43.1 Å². The van der Waals surface area contributed by atoms with Crippen LogP contribution in [0.1, 0.15) is 46.5 Å². The normalized spacial score (nSPS) is 24.1. The number of hydrogen-bond acceptors (Lipinski definition) is 9. The van der Waals surface area contributed by atoms with E-state index in [0.29, 0.717) is 73.2 Å². The molecule has 0 bridgehead atoms. The van der Waals surface area contributed by atoms with Gasteiger partial charge in [-0.15, -0.1) is 0 Å². The third-order valence-corrected chi connectivity index (χ3v) is 12.0. The van der Waals surface area contributed by atoms with Gasteiger partial charge in [-0.1, -0.05) is 41.9 Å². The first kappa shape index (κ1) is 40.9. The number of carbonyl (C=O) groups excluding carboxylic acids is 2. The SMILES string of the molecule is C[N+](=CC1CCN(C(=O)/C=C/C2COCCN2C(=O)OC(C)(C)C)C1)c1nc(OC[C@@]23CCCN2C[C@H](F)C3)nc2c(F)c(-c3cccc4ccc(F)c(Cl)c34)ncc12. The Morgan fingerprint density at radius 3 is 2.76 bits per heavy atom. The van der Waals surface area contributed by atoms with Crippen molar-refractivity contribution in [2.45, 2.75) is 69.8 Å². The van der Waals surface area contributed by atoms with Crippen LogP contribution in [-0.2, 0) is 14.3 Å². The van der Waals surface area contributed by atoms with Gasteiger partial charge in [0.25, 0.3) is 0 Å². The van der Waals surface area contributed by atoms with E-state index in [1.807, 2.05) is 6.21 Å². The fourth-order valence-electron chi connectivity index (χ4n) is 8.82. The monoisotopic (exact) mass is 834 g/mol. The van der Waals surface area contributed by atoms with E-state index in [0.717, 1.165) is 19.4 Å². The summed E-state index contributed by atoms with van der Waals surface area (Å²) in [5.74, 6) is -1.36. The predicted molar refractivity (Wildman–Crippen MR) is 217 cm³/mol. The van der Waals surface area contributed by atoms with Gasteiger partial charge in [-0.05, 0) is 58.0 Å². The number of fused-ring (bicyclic) bond motifs is 3. The molecule has 2 amide bonds. The average molecular weight is 835 g/mol. The largest absolute Gasteiger partial charge is 0.444 e. The summed E-state index contributed by atoms with van der Waals surface area (Å²) in [6.07, 6.45) is 7.85. The van der Waals surface area contributed by atoms with E-state index >= 15 is 4.39 Å². The summed E-state index contributed by atoms with van der Waals surface area (Å²) in [6.45, 7) is 8.57. The molecule has 4 aliphatic rings. The average Bonchev–Trinajstić information content (AvgIpc) is 3.91. The van der Waals surface area contributed by atoms with E-state index in [1.165, 1.54) is 18.3 Å². The number of benzene rings is 2. The first-order chi connectivity index (χ1) is 28.2. The molecule has 312 valence electrons. The van der Waals surface area contributed by atoms with Gasteiger partial charge < -0.3 is 19.1 Å². The maximum Gasteiger partial charge on any atom is 0.434 e. The number of carbonyl (C=O) groups is 2. The van der Waals surface area contributed by atoms with Gasteiger partial charge in [-0.2, -0.15) is 4.98 Å². The molecule has 4 fully saturated rings. The van der Waals surface area contributed by atoms with Crippen molar-refractivity contribution in [3.8, 4) is 17.3 Å². The van der Waals surface area contributed by atoms with Crippen LogP contribution in [0, 0.1) is 17.6 Å². The van der Waals surface area contributed by atoms with Crippen LogP contribution >= 0.6 is 11.6 Å². The molecule has 4 aliphatic heterocycles. The zero-order valence-corrected chi connectivity index (χ0v) is 34.4. The van der Waals surface area contributed by atoms with Crippen LogP contribution in [-0.4, -0.2) is 135 Å². The molecule has 6 heterocycles. The van der Waals surface area contributed by atoms with E-state index < -0.39 is 41.1 Å². The molecule has 2 aromatic carbocycles. The Hall–Kier alpha value is -4.86. The summed E-state index contributed by atoms with van der Waals surface area (Å²) in [4.78, 5) is 45.5. The van der Waals surface area contributed by atoms with Gasteiger partial charge in [-0.25, -0.2) is 22.5 Å². The van der Waals surface area contributed by atoms with Crippen molar-refractivity contribution in [1.82, 2.24) is 29.7 Å². The molecule has 4 atom stereocenters. The molecule has 8 rings (SSSR count). The molecule has 2 aromatic heterocycles. The minimum atomic E-state index is -0.960. The van der Waals surface area contributed by atoms with Crippen LogP contribution in [0.4, 0.5) is 23.8 Å². The molecule has 0 N–H and O–H groups in total. The quantitative estimate of drug-likeness (QED) is 0.104. The van der Waals surface area contributed by atoms with Crippen LogP contribution in [0.2, 0.25) is 5.02 Å². The van der Waals surface area contributed by atoms with Crippen LogP contribution in [0.25, 0.3) is 32.9 Å². The van der Waals surface area contributed by atoms with Crippen molar-refractivity contribution >= 4 is 57.3 Å². The van der Waals surface area contributed by atoms with Crippen molar-refractivity contribution in [3.05, 3.63) is 65.3 Å². The number of hydrogen-bond donors (Lipinski definition) is 0. The number of halogens is 4. The second-order valence-electron chi connectivity index (χ2n) is 16.9. The van der Waals surface area contributed by atoms with E-state index in [-0.39, 0.29) is 47.3 Å². The zero-order chi connectivity index (χ0) is 41.6. The molecule has 16 heteroatoms. The minimum absolute atomic E-state index is 0.0594. The number of pyridine rings is 1. The van der Waals surface area contributed by atoms with Crippen LogP contribution < -0.4 is 4.74 Å². The topological polar surface area (TPSA) is 113 Å². The van der Waals surface area contributed by atoms with Crippen molar-refractivity contribution in [2.75, 3.05) is 59.6 Å². The zero-order valence-electron chi connectivity index (χ0n) is 33.6. The molecule has 0 radical (unpaired) electrons. The highest BCUT2D eigenvalue weighted by atomic mass is 35.5. The van der Waals surface area contributed by atoms with Crippen LogP contribution in [0.15, 0.2) is 48.7 Å². The molecular weight excluding hydrogens is 787 g/mol. The molecular formula is C43H48ClF3N7O5+. The second kappa shape index (κ2) is 16.3. The third-order valence-electron chi connectivity index (χ3n) is 11.6. The molecule has 0 spiro atoms. The van der Waals surface area contributed by atoms with Crippen LogP contribution in [0.5, 0.6) is 6.01 Å². The number of ether oxygens (including phenoxy) is 3. The number of aromatic nitrogens is 3. The highest BCUT2D eigenvalue weighted by Gasteiger charge is 2.49. The number of nitrogens with zero attached hydrogens (tertiary/aromatic N) is 7. The summed E-state index contributed by atoms with van der Waals surface area (Å²) < 4.78 is 65.4. The van der Waals surface area contributed by atoms with Crippen LogP contribution in [0.3, 0.4) is 0 Å². The summed E-state index contributed by atoms with van der Waals surface area (Å²) in [7, 11) is 1.78. The van der Waals surface area contributed by atoms with Crippen molar-refractivity contribution < 1.29 is 41.5 Å². The van der Waals surface area contributed by atoms with Gasteiger partial charge in [0.2, 0.25) is 5.91 Å². The fraction of sp³-hybridized carbons (Fsp3) is 0.488.